The van der Waals surface area contributed by atoms with E-state index in [1.807, 2.05) is 54.6 Å². The van der Waals surface area contributed by atoms with Crippen molar-refractivity contribution in [1.82, 2.24) is 15.5 Å². The van der Waals surface area contributed by atoms with Crippen LogP contribution in [-0.4, -0.2) is 47.7 Å². The molecule has 8 nitrogen and oxygen atoms in total. The van der Waals surface area contributed by atoms with Gasteiger partial charge in [0.25, 0.3) is 0 Å². The average Bonchev–Trinajstić information content (AvgIpc) is 3.42. The van der Waals surface area contributed by atoms with Crippen molar-refractivity contribution in [3.05, 3.63) is 61.0 Å². The first-order chi connectivity index (χ1) is 14.3. The van der Waals surface area contributed by atoms with Crippen molar-refractivity contribution in [3.8, 4) is 23.1 Å². The third-order valence-electron chi connectivity index (χ3n) is 4.18. The highest BCUT2D eigenvalue weighted by molar-refractivity contribution is 5.83. The molecular weight excluding hydrogens is 374 g/mol. The summed E-state index contributed by atoms with van der Waals surface area (Å²) in [5, 5.41) is 17.8. The summed E-state index contributed by atoms with van der Waals surface area (Å²) in [6.45, 7) is 1.72. The minimum absolute atomic E-state index is 0.234. The third kappa shape index (κ3) is 5.13. The van der Waals surface area contributed by atoms with Crippen LogP contribution < -0.4 is 14.8 Å². The molecule has 1 atom stereocenters. The molecule has 4 rings (SSSR count). The van der Waals surface area contributed by atoms with E-state index in [0.29, 0.717) is 31.3 Å². The van der Waals surface area contributed by atoms with Gasteiger partial charge in [-0.05, 0) is 36.4 Å². The molecule has 0 saturated heterocycles. The van der Waals surface area contributed by atoms with E-state index in [2.05, 4.69) is 15.5 Å². The Balaban J connectivity index is 1.19. The molecule has 0 saturated carbocycles. The van der Waals surface area contributed by atoms with Gasteiger partial charge in [-0.15, -0.1) is 0 Å². The van der Waals surface area contributed by atoms with Crippen LogP contribution in [0.25, 0.3) is 22.6 Å². The maximum absolute atomic E-state index is 9.97. The van der Waals surface area contributed by atoms with Crippen molar-refractivity contribution in [2.45, 2.75) is 6.10 Å². The standard InChI is InChI=1S/C21H21N3O5/c25-16(13-27-17-4-2-1-3-5-17)12-22-8-9-26-18-6-7-19-15(10-18)11-20(29-19)21-23-14-28-24-21/h1-7,10-11,14,16,22,25H,8-9,12-13H2. The van der Waals surface area contributed by atoms with Crippen molar-refractivity contribution in [3.63, 3.8) is 0 Å². The van der Waals surface area contributed by atoms with Gasteiger partial charge in [-0.25, -0.2) is 0 Å². The number of aliphatic hydroxyl groups excluding tert-OH is 1. The largest absolute Gasteiger partial charge is 0.492 e. The van der Waals surface area contributed by atoms with Crippen LogP contribution in [-0.2, 0) is 0 Å². The van der Waals surface area contributed by atoms with E-state index in [-0.39, 0.29) is 6.61 Å². The van der Waals surface area contributed by atoms with E-state index in [0.717, 1.165) is 22.5 Å². The van der Waals surface area contributed by atoms with Crippen molar-refractivity contribution in [2.24, 2.45) is 0 Å². The SMILES string of the molecule is OC(CNCCOc1ccc2oc(-c3ncon3)cc2c1)COc1ccccc1. The summed E-state index contributed by atoms with van der Waals surface area (Å²) >= 11 is 0. The smallest absolute Gasteiger partial charge is 0.237 e. The zero-order chi connectivity index (χ0) is 19.9. The number of rotatable bonds is 10. The lowest BCUT2D eigenvalue weighted by Crippen LogP contribution is -2.33. The highest BCUT2D eigenvalue weighted by Gasteiger charge is 2.11. The number of benzene rings is 2. The van der Waals surface area contributed by atoms with Crippen LogP contribution in [0.2, 0.25) is 0 Å². The van der Waals surface area contributed by atoms with E-state index in [9.17, 15) is 5.11 Å². The Morgan fingerprint density at radius 2 is 1.93 bits per heavy atom. The fraction of sp³-hybridized carbons (Fsp3) is 0.238. The van der Waals surface area contributed by atoms with Crippen LogP contribution in [0, 0.1) is 0 Å². The van der Waals surface area contributed by atoms with Crippen LogP contribution in [0.15, 0.2) is 69.9 Å². The second kappa shape index (κ2) is 9.22. The molecule has 2 N–H and O–H groups in total. The summed E-state index contributed by atoms with van der Waals surface area (Å²) < 4.78 is 21.7. The molecular formula is C21H21N3O5. The molecule has 2 aromatic heterocycles. The first kappa shape index (κ1) is 19.0. The maximum atomic E-state index is 9.97. The topological polar surface area (TPSA) is 103 Å². The molecule has 0 aliphatic carbocycles. The molecule has 8 heteroatoms. The Bertz CT molecular complexity index is 1020. The molecule has 2 aromatic carbocycles. The summed E-state index contributed by atoms with van der Waals surface area (Å²) in [6, 6.07) is 16.8. The van der Waals surface area contributed by atoms with Gasteiger partial charge < -0.3 is 28.8 Å². The highest BCUT2D eigenvalue weighted by Crippen LogP contribution is 2.28. The number of furan rings is 1. The fourth-order valence-electron chi connectivity index (χ4n) is 2.78. The fourth-order valence-corrected chi connectivity index (χ4v) is 2.78. The predicted molar refractivity (Wildman–Crippen MR) is 106 cm³/mol. The van der Waals surface area contributed by atoms with Gasteiger partial charge in [0.2, 0.25) is 12.2 Å². The number of hydrogen-bond donors (Lipinski definition) is 2. The number of nitrogens with zero attached hydrogens (tertiary/aromatic N) is 2. The van der Waals surface area contributed by atoms with Crippen LogP contribution in [0.1, 0.15) is 0 Å². The molecule has 29 heavy (non-hydrogen) atoms. The summed E-state index contributed by atoms with van der Waals surface area (Å²) in [6.07, 6.45) is 0.662. The van der Waals surface area contributed by atoms with Gasteiger partial charge in [0.1, 0.15) is 36.4 Å². The van der Waals surface area contributed by atoms with Crippen LogP contribution in [0.5, 0.6) is 11.5 Å². The number of hydrogen-bond acceptors (Lipinski definition) is 8. The van der Waals surface area contributed by atoms with Gasteiger partial charge in [-0.2, -0.15) is 4.98 Å². The minimum Gasteiger partial charge on any atom is -0.492 e. The lowest BCUT2D eigenvalue weighted by atomic mass is 10.2. The lowest BCUT2D eigenvalue weighted by Gasteiger charge is -2.13. The van der Waals surface area contributed by atoms with E-state index in [1.165, 1.54) is 6.39 Å². The molecule has 0 radical (unpaired) electrons. The normalized spacial score (nSPS) is 12.2. The number of nitrogens with one attached hydrogen (secondary N) is 1. The Labute approximate surface area is 167 Å². The van der Waals surface area contributed by atoms with Gasteiger partial charge in [-0.3, -0.25) is 0 Å². The monoisotopic (exact) mass is 395 g/mol. The lowest BCUT2D eigenvalue weighted by molar-refractivity contribution is 0.105. The molecule has 0 amide bonds. The first-order valence-electron chi connectivity index (χ1n) is 9.28. The van der Waals surface area contributed by atoms with Gasteiger partial charge in [0, 0.05) is 18.5 Å². The van der Waals surface area contributed by atoms with E-state index in [4.69, 9.17) is 18.4 Å². The van der Waals surface area contributed by atoms with Crippen molar-refractivity contribution in [2.75, 3.05) is 26.3 Å². The second-order valence-corrected chi connectivity index (χ2v) is 6.40. The molecule has 1 unspecified atom stereocenters. The molecule has 0 fully saturated rings. The molecule has 0 aliphatic rings. The van der Waals surface area contributed by atoms with Gasteiger partial charge in [0.05, 0.1) is 0 Å². The molecule has 0 aliphatic heterocycles. The Morgan fingerprint density at radius 1 is 1.03 bits per heavy atom. The second-order valence-electron chi connectivity index (χ2n) is 6.40. The number of fused-ring (bicyclic) bond motifs is 1. The quantitative estimate of drug-likeness (QED) is 0.395. The number of ether oxygens (including phenoxy) is 2. The van der Waals surface area contributed by atoms with E-state index < -0.39 is 6.10 Å². The van der Waals surface area contributed by atoms with Crippen molar-refractivity contribution < 1.29 is 23.5 Å². The van der Waals surface area contributed by atoms with Crippen molar-refractivity contribution >= 4 is 11.0 Å². The third-order valence-corrected chi connectivity index (χ3v) is 4.18. The predicted octanol–water partition coefficient (Wildman–Crippen LogP) is 2.89. The van der Waals surface area contributed by atoms with Gasteiger partial charge in [-0.1, -0.05) is 23.4 Å². The zero-order valence-electron chi connectivity index (χ0n) is 15.7. The Morgan fingerprint density at radius 3 is 2.76 bits per heavy atom. The molecule has 0 bridgehead atoms. The molecule has 150 valence electrons. The number of aromatic nitrogens is 2. The zero-order valence-corrected chi connectivity index (χ0v) is 15.7. The van der Waals surface area contributed by atoms with Gasteiger partial charge >= 0.3 is 0 Å². The molecule has 2 heterocycles. The Kier molecular flexibility index (Phi) is 6.04. The Hall–Kier alpha value is -3.36. The van der Waals surface area contributed by atoms with Crippen LogP contribution in [0.3, 0.4) is 0 Å². The average molecular weight is 395 g/mol. The minimum atomic E-state index is -0.596. The number of para-hydroxylation sites is 1. The van der Waals surface area contributed by atoms with Crippen molar-refractivity contribution in [1.29, 1.82) is 0 Å². The van der Waals surface area contributed by atoms with Crippen LogP contribution >= 0.6 is 0 Å². The summed E-state index contributed by atoms with van der Waals surface area (Å²) in [4.78, 5) is 3.98. The number of aliphatic hydroxyl groups is 1. The summed E-state index contributed by atoms with van der Waals surface area (Å²) in [5.74, 6) is 2.42. The molecule has 0 spiro atoms. The van der Waals surface area contributed by atoms with E-state index >= 15 is 0 Å². The summed E-state index contributed by atoms with van der Waals surface area (Å²) in [7, 11) is 0. The maximum Gasteiger partial charge on any atom is 0.237 e. The summed E-state index contributed by atoms with van der Waals surface area (Å²) in [5.41, 5.74) is 0.719. The first-order valence-corrected chi connectivity index (χ1v) is 9.28. The van der Waals surface area contributed by atoms with Crippen LogP contribution in [0.4, 0.5) is 0 Å². The highest BCUT2D eigenvalue weighted by atomic mass is 16.5. The van der Waals surface area contributed by atoms with Gasteiger partial charge in [0.15, 0.2) is 5.76 Å². The molecule has 4 aromatic rings. The van der Waals surface area contributed by atoms with E-state index in [1.54, 1.807) is 0 Å².